The molecule has 4 nitrogen and oxygen atoms in total. The van der Waals surface area contributed by atoms with Crippen molar-refractivity contribution in [2.75, 3.05) is 18.6 Å². The Labute approximate surface area is 138 Å². The summed E-state index contributed by atoms with van der Waals surface area (Å²) < 4.78 is 6.76. The lowest BCUT2D eigenvalue weighted by Gasteiger charge is -2.23. The molecule has 0 radical (unpaired) electrons. The van der Waals surface area contributed by atoms with Crippen LogP contribution in [-0.2, 0) is 6.42 Å². The fraction of sp³-hybridized carbons (Fsp3) is 0.294. The fourth-order valence-electron chi connectivity index (χ4n) is 2.54. The Balaban J connectivity index is 1.97. The molecule has 1 aromatic heterocycles. The van der Waals surface area contributed by atoms with Crippen LogP contribution in [0.4, 0.5) is 5.82 Å². The van der Waals surface area contributed by atoms with Crippen molar-refractivity contribution >= 4 is 27.7 Å². The highest BCUT2D eigenvalue weighted by Gasteiger charge is 2.24. The van der Waals surface area contributed by atoms with Gasteiger partial charge in [0.2, 0.25) is 0 Å². The number of hydrogen-bond acceptors (Lipinski definition) is 3. The molecule has 1 aliphatic rings. The van der Waals surface area contributed by atoms with Gasteiger partial charge in [-0.15, -0.1) is 0 Å². The Hall–Kier alpha value is -1.88. The van der Waals surface area contributed by atoms with Gasteiger partial charge in [0.15, 0.2) is 0 Å². The molecular weight excluding hydrogens is 344 g/mol. The molecule has 2 aromatic rings. The lowest BCUT2D eigenvalue weighted by molar-refractivity contribution is 0.0987. The lowest BCUT2D eigenvalue weighted by atomic mass is 10.0. The Kier molecular flexibility index (Phi) is 4.16. The second kappa shape index (κ2) is 6.08. The van der Waals surface area contributed by atoms with Crippen molar-refractivity contribution in [1.82, 2.24) is 4.98 Å². The smallest absolute Gasteiger partial charge is 0.262 e. The molecular formula is C17H17BrN2O2. The molecule has 3 rings (SSSR count). The van der Waals surface area contributed by atoms with Crippen molar-refractivity contribution in [2.45, 2.75) is 19.8 Å². The van der Waals surface area contributed by atoms with E-state index in [4.69, 9.17) is 4.74 Å². The van der Waals surface area contributed by atoms with Gasteiger partial charge in [-0.3, -0.25) is 9.69 Å². The molecule has 22 heavy (non-hydrogen) atoms. The number of rotatable bonds is 2. The molecule has 1 aliphatic heterocycles. The van der Waals surface area contributed by atoms with Gasteiger partial charge in [-0.2, -0.15) is 0 Å². The van der Waals surface area contributed by atoms with Crippen molar-refractivity contribution in [3.63, 3.8) is 0 Å². The first-order valence-corrected chi connectivity index (χ1v) is 8.02. The summed E-state index contributed by atoms with van der Waals surface area (Å²) in [5.74, 6) is 1.22. The molecule has 0 aliphatic carbocycles. The number of carbonyl (C=O) groups excluding carboxylic acids is 1. The molecule has 0 atom stereocenters. The van der Waals surface area contributed by atoms with Crippen molar-refractivity contribution in [1.29, 1.82) is 0 Å². The number of amides is 1. The van der Waals surface area contributed by atoms with E-state index in [-0.39, 0.29) is 5.91 Å². The second-order valence-electron chi connectivity index (χ2n) is 5.41. The molecule has 1 amide bonds. The molecule has 0 unspecified atom stereocenters. The van der Waals surface area contributed by atoms with E-state index in [1.54, 1.807) is 24.2 Å². The third-order valence-corrected chi connectivity index (χ3v) is 4.54. The fourth-order valence-corrected chi connectivity index (χ4v) is 3.05. The normalized spacial score (nSPS) is 13.2. The minimum Gasteiger partial charge on any atom is -0.492 e. The van der Waals surface area contributed by atoms with Gasteiger partial charge < -0.3 is 4.74 Å². The van der Waals surface area contributed by atoms with Crippen LogP contribution in [-0.4, -0.2) is 24.5 Å². The average molecular weight is 361 g/mol. The third-order valence-electron chi connectivity index (χ3n) is 3.80. The maximum atomic E-state index is 12.8. The van der Waals surface area contributed by atoms with Crippen LogP contribution in [0.1, 0.15) is 27.9 Å². The highest BCUT2D eigenvalue weighted by molar-refractivity contribution is 9.10. The van der Waals surface area contributed by atoms with Gasteiger partial charge in [-0.1, -0.05) is 22.0 Å². The van der Waals surface area contributed by atoms with Crippen molar-refractivity contribution in [3.05, 3.63) is 51.6 Å². The summed E-state index contributed by atoms with van der Waals surface area (Å²) >= 11 is 3.54. The Morgan fingerprint density at radius 1 is 1.32 bits per heavy atom. The van der Waals surface area contributed by atoms with Crippen LogP contribution in [0.25, 0.3) is 0 Å². The molecule has 0 saturated heterocycles. The summed E-state index contributed by atoms with van der Waals surface area (Å²) in [6.45, 7) is 2.62. The number of hydrogen-bond donors (Lipinski definition) is 0. The standard InChI is InChI=1S/C17H17BrN2O2/c1-11-5-8-15(19-10-11)20(2)17(21)13-6-7-14(18)12-4-3-9-22-16(12)13/h5-8,10H,3-4,9H2,1-2H3. The molecule has 0 saturated carbocycles. The molecule has 0 bridgehead atoms. The second-order valence-corrected chi connectivity index (χ2v) is 6.27. The highest BCUT2D eigenvalue weighted by Crippen LogP contribution is 2.35. The summed E-state index contributed by atoms with van der Waals surface area (Å²) in [5.41, 5.74) is 2.72. The van der Waals surface area contributed by atoms with Crippen molar-refractivity contribution < 1.29 is 9.53 Å². The first-order valence-electron chi connectivity index (χ1n) is 7.23. The van der Waals surface area contributed by atoms with E-state index in [1.807, 2.05) is 25.1 Å². The largest absolute Gasteiger partial charge is 0.492 e. The summed E-state index contributed by atoms with van der Waals surface area (Å²) in [6.07, 6.45) is 3.65. The van der Waals surface area contributed by atoms with Gasteiger partial charge in [-0.25, -0.2) is 4.98 Å². The van der Waals surface area contributed by atoms with Crippen molar-refractivity contribution in [3.8, 4) is 5.75 Å². The SMILES string of the molecule is Cc1ccc(N(C)C(=O)c2ccc(Br)c3c2OCCC3)nc1. The first-order chi connectivity index (χ1) is 10.6. The number of pyridine rings is 1. The van der Waals surface area contributed by atoms with Gasteiger partial charge in [0.1, 0.15) is 11.6 Å². The third kappa shape index (κ3) is 2.73. The molecule has 0 fully saturated rings. The predicted molar refractivity (Wildman–Crippen MR) is 89.7 cm³/mol. The number of fused-ring (bicyclic) bond motifs is 1. The van der Waals surface area contributed by atoms with Crippen LogP contribution in [0.15, 0.2) is 34.9 Å². The Bertz CT molecular complexity index is 713. The van der Waals surface area contributed by atoms with Gasteiger partial charge in [0.05, 0.1) is 12.2 Å². The van der Waals surface area contributed by atoms with Crippen molar-refractivity contribution in [2.24, 2.45) is 0 Å². The lowest BCUT2D eigenvalue weighted by Crippen LogP contribution is -2.28. The van der Waals surface area contributed by atoms with Gasteiger partial charge in [-0.05, 0) is 43.5 Å². The van der Waals surface area contributed by atoms with Gasteiger partial charge in [0.25, 0.3) is 5.91 Å². The van der Waals surface area contributed by atoms with Crippen LogP contribution in [0.5, 0.6) is 5.75 Å². The number of anilines is 1. The monoisotopic (exact) mass is 360 g/mol. The van der Waals surface area contributed by atoms with E-state index >= 15 is 0 Å². The van der Waals surface area contributed by atoms with E-state index in [2.05, 4.69) is 20.9 Å². The topological polar surface area (TPSA) is 42.4 Å². The number of aromatic nitrogens is 1. The minimum absolute atomic E-state index is 0.109. The van der Waals surface area contributed by atoms with Gasteiger partial charge >= 0.3 is 0 Å². The molecule has 5 heteroatoms. The quantitative estimate of drug-likeness (QED) is 0.818. The molecule has 114 valence electrons. The van der Waals surface area contributed by atoms with Gasteiger partial charge in [0, 0.05) is 23.3 Å². The number of aryl methyl sites for hydroxylation is 1. The zero-order valence-electron chi connectivity index (χ0n) is 12.6. The number of ether oxygens (including phenoxy) is 1. The van der Waals surface area contributed by atoms with E-state index in [0.717, 1.165) is 28.4 Å². The maximum Gasteiger partial charge on any atom is 0.262 e. The Morgan fingerprint density at radius 3 is 2.86 bits per heavy atom. The number of halogens is 1. The maximum absolute atomic E-state index is 12.8. The average Bonchev–Trinajstić information content (AvgIpc) is 2.55. The summed E-state index contributed by atoms with van der Waals surface area (Å²) in [6, 6.07) is 7.51. The predicted octanol–water partition coefficient (Wildman–Crippen LogP) is 3.75. The highest BCUT2D eigenvalue weighted by atomic mass is 79.9. The van der Waals surface area contributed by atoms with E-state index in [0.29, 0.717) is 23.7 Å². The van der Waals surface area contributed by atoms with Crippen LogP contribution < -0.4 is 9.64 Å². The number of carbonyl (C=O) groups is 1. The van der Waals surface area contributed by atoms with E-state index < -0.39 is 0 Å². The van der Waals surface area contributed by atoms with E-state index in [1.165, 1.54) is 0 Å². The molecule has 2 heterocycles. The first kappa shape index (κ1) is 15.0. The zero-order valence-corrected chi connectivity index (χ0v) is 14.2. The summed E-state index contributed by atoms with van der Waals surface area (Å²) in [4.78, 5) is 18.7. The van der Waals surface area contributed by atoms with Crippen LogP contribution in [0.3, 0.4) is 0 Å². The summed E-state index contributed by atoms with van der Waals surface area (Å²) in [7, 11) is 1.73. The minimum atomic E-state index is -0.109. The van der Waals surface area contributed by atoms with Crippen LogP contribution >= 0.6 is 15.9 Å². The van der Waals surface area contributed by atoms with Crippen LogP contribution in [0.2, 0.25) is 0 Å². The molecule has 1 aromatic carbocycles. The summed E-state index contributed by atoms with van der Waals surface area (Å²) in [5, 5.41) is 0. The number of benzene rings is 1. The number of nitrogens with zero attached hydrogens (tertiary/aromatic N) is 2. The molecule has 0 spiro atoms. The van der Waals surface area contributed by atoms with E-state index in [9.17, 15) is 4.79 Å². The molecule has 0 N–H and O–H groups in total. The van der Waals surface area contributed by atoms with Crippen LogP contribution in [0, 0.1) is 6.92 Å². The Morgan fingerprint density at radius 2 is 2.14 bits per heavy atom. The zero-order chi connectivity index (χ0) is 15.7.